The summed E-state index contributed by atoms with van der Waals surface area (Å²) in [6.45, 7) is 0.470. The number of hydrogen-bond donors (Lipinski definition) is 4. The van der Waals surface area contributed by atoms with Gasteiger partial charge < -0.3 is 25.8 Å². The standard InChI is InChI=1S/C29H27F3N6O3/c1-40-22-9-5-18(6-10-22)14-35-27-23(26(33)34)12-20(15-36-27)19-7-3-17(4-8-19)11-25(39)38-21-13-24(29(30,31)32)28(41-2)37-16-21/h3-10,12-13,15-16H,11,14H2,1-2H3,(H3,33,34)(H,35,36)(H,38,39). The second-order valence-electron chi connectivity index (χ2n) is 8.94. The molecule has 2 aromatic carbocycles. The molecule has 0 radical (unpaired) electrons. The van der Waals surface area contributed by atoms with Gasteiger partial charge in [0.1, 0.15) is 23.0 Å². The van der Waals surface area contributed by atoms with Crippen molar-refractivity contribution in [2.45, 2.75) is 19.1 Å². The van der Waals surface area contributed by atoms with Crippen molar-refractivity contribution in [1.82, 2.24) is 9.97 Å². The lowest BCUT2D eigenvalue weighted by Gasteiger charge is -2.13. The number of hydrogen-bond acceptors (Lipinski definition) is 7. The third kappa shape index (κ3) is 7.29. The van der Waals surface area contributed by atoms with Gasteiger partial charge in [0, 0.05) is 18.3 Å². The van der Waals surface area contributed by atoms with Crippen molar-refractivity contribution in [2.75, 3.05) is 24.9 Å². The van der Waals surface area contributed by atoms with Crippen molar-refractivity contribution >= 4 is 23.2 Å². The minimum Gasteiger partial charge on any atom is -0.497 e. The molecule has 0 atom stereocenters. The highest BCUT2D eigenvalue weighted by Gasteiger charge is 2.35. The van der Waals surface area contributed by atoms with Crippen LogP contribution in [0.5, 0.6) is 11.6 Å². The number of pyridine rings is 2. The summed E-state index contributed by atoms with van der Waals surface area (Å²) >= 11 is 0. The van der Waals surface area contributed by atoms with Gasteiger partial charge in [-0.05, 0) is 41.0 Å². The van der Waals surface area contributed by atoms with E-state index < -0.39 is 23.5 Å². The summed E-state index contributed by atoms with van der Waals surface area (Å²) in [6, 6.07) is 17.1. The maximum absolute atomic E-state index is 13.2. The molecular formula is C29H27F3N6O3. The molecule has 41 heavy (non-hydrogen) atoms. The van der Waals surface area contributed by atoms with Crippen molar-refractivity contribution in [1.29, 1.82) is 5.41 Å². The molecule has 2 aromatic heterocycles. The van der Waals surface area contributed by atoms with Crippen LogP contribution in [-0.4, -0.2) is 35.9 Å². The van der Waals surface area contributed by atoms with Crippen LogP contribution < -0.4 is 25.8 Å². The van der Waals surface area contributed by atoms with Crippen LogP contribution in [0.25, 0.3) is 11.1 Å². The minimum atomic E-state index is -4.68. The average molecular weight is 565 g/mol. The molecular weight excluding hydrogens is 537 g/mol. The van der Waals surface area contributed by atoms with E-state index in [9.17, 15) is 18.0 Å². The number of carbonyl (C=O) groups is 1. The molecule has 0 unspecified atom stereocenters. The van der Waals surface area contributed by atoms with Crippen molar-refractivity contribution in [3.05, 3.63) is 95.3 Å². The number of nitrogen functional groups attached to an aromatic ring is 1. The van der Waals surface area contributed by atoms with Crippen molar-refractivity contribution in [3.8, 4) is 22.8 Å². The number of halogens is 3. The Hall–Kier alpha value is -5.13. The van der Waals surface area contributed by atoms with Crippen LogP contribution >= 0.6 is 0 Å². The van der Waals surface area contributed by atoms with Gasteiger partial charge in [-0.1, -0.05) is 36.4 Å². The summed E-state index contributed by atoms with van der Waals surface area (Å²) in [7, 11) is 2.69. The fraction of sp³-hybridized carbons (Fsp3) is 0.172. The molecule has 0 aliphatic heterocycles. The summed E-state index contributed by atoms with van der Waals surface area (Å²) in [5.41, 5.74) is 8.22. The van der Waals surface area contributed by atoms with Crippen LogP contribution in [0.15, 0.2) is 73.1 Å². The molecule has 0 saturated heterocycles. The number of methoxy groups -OCH3 is 2. The van der Waals surface area contributed by atoms with Crippen LogP contribution in [0.3, 0.4) is 0 Å². The van der Waals surface area contributed by atoms with Gasteiger partial charge in [-0.25, -0.2) is 9.97 Å². The number of ether oxygens (including phenoxy) is 2. The summed E-state index contributed by atoms with van der Waals surface area (Å²) in [5, 5.41) is 13.7. The van der Waals surface area contributed by atoms with Crippen LogP contribution in [0.2, 0.25) is 0 Å². The Kier molecular flexibility index (Phi) is 8.71. The monoisotopic (exact) mass is 564 g/mol. The van der Waals surface area contributed by atoms with E-state index in [1.807, 2.05) is 24.3 Å². The molecule has 5 N–H and O–H groups in total. The van der Waals surface area contributed by atoms with E-state index in [0.29, 0.717) is 29.1 Å². The molecule has 1 amide bonds. The number of alkyl halides is 3. The minimum absolute atomic E-state index is 0.0706. The molecule has 0 bridgehead atoms. The Bertz CT molecular complexity index is 1540. The lowest BCUT2D eigenvalue weighted by Crippen LogP contribution is -2.16. The van der Waals surface area contributed by atoms with Gasteiger partial charge in [-0.3, -0.25) is 10.2 Å². The molecule has 9 nitrogen and oxygen atoms in total. The molecule has 0 saturated carbocycles. The highest BCUT2D eigenvalue weighted by Crippen LogP contribution is 2.36. The highest BCUT2D eigenvalue weighted by molar-refractivity contribution is 6.00. The molecule has 2 heterocycles. The Morgan fingerprint density at radius 3 is 2.22 bits per heavy atom. The van der Waals surface area contributed by atoms with Gasteiger partial charge in [0.2, 0.25) is 11.8 Å². The zero-order chi connectivity index (χ0) is 29.6. The quantitative estimate of drug-likeness (QED) is 0.152. The first-order valence-corrected chi connectivity index (χ1v) is 12.3. The first kappa shape index (κ1) is 28.9. The Morgan fingerprint density at radius 1 is 0.927 bits per heavy atom. The Balaban J connectivity index is 1.43. The normalized spacial score (nSPS) is 11.0. The van der Waals surface area contributed by atoms with Crippen LogP contribution in [0.4, 0.5) is 24.7 Å². The molecule has 4 rings (SSSR count). The maximum Gasteiger partial charge on any atom is 0.421 e. The van der Waals surface area contributed by atoms with Gasteiger partial charge in [0.05, 0.1) is 38.1 Å². The van der Waals surface area contributed by atoms with E-state index in [-0.39, 0.29) is 17.9 Å². The van der Waals surface area contributed by atoms with E-state index in [4.69, 9.17) is 15.9 Å². The maximum atomic E-state index is 13.2. The molecule has 0 aliphatic carbocycles. The number of nitrogens with two attached hydrogens (primary N) is 1. The third-order valence-electron chi connectivity index (χ3n) is 6.08. The number of rotatable bonds is 10. The van der Waals surface area contributed by atoms with E-state index >= 15 is 0 Å². The van der Waals surface area contributed by atoms with E-state index in [1.165, 1.54) is 0 Å². The largest absolute Gasteiger partial charge is 0.497 e. The lowest BCUT2D eigenvalue weighted by molar-refractivity contribution is -0.139. The third-order valence-corrected chi connectivity index (χ3v) is 6.08. The summed E-state index contributed by atoms with van der Waals surface area (Å²) in [5.74, 6) is -0.0137. The summed E-state index contributed by atoms with van der Waals surface area (Å²) in [6.07, 6.45) is -2.00. The molecule has 12 heteroatoms. The number of amidine groups is 1. The number of nitrogens with one attached hydrogen (secondary N) is 3. The number of amides is 1. The fourth-order valence-electron chi connectivity index (χ4n) is 3.99. The second-order valence-corrected chi connectivity index (χ2v) is 8.94. The number of anilines is 2. The van der Waals surface area contributed by atoms with E-state index in [1.54, 1.807) is 43.6 Å². The van der Waals surface area contributed by atoms with Crippen LogP contribution in [0.1, 0.15) is 22.3 Å². The summed E-state index contributed by atoms with van der Waals surface area (Å²) < 4.78 is 49.6. The smallest absolute Gasteiger partial charge is 0.421 e. The lowest BCUT2D eigenvalue weighted by atomic mass is 10.0. The number of aromatic nitrogens is 2. The number of benzene rings is 2. The molecule has 4 aromatic rings. The average Bonchev–Trinajstić information content (AvgIpc) is 2.96. The van der Waals surface area contributed by atoms with Gasteiger partial charge in [-0.2, -0.15) is 13.2 Å². The van der Waals surface area contributed by atoms with E-state index in [2.05, 4.69) is 25.3 Å². The van der Waals surface area contributed by atoms with Gasteiger partial charge in [0.25, 0.3) is 0 Å². The zero-order valence-corrected chi connectivity index (χ0v) is 22.2. The SMILES string of the molecule is COc1ccc(CNc2ncc(-c3ccc(CC(=O)Nc4cnc(OC)c(C(F)(F)F)c4)cc3)cc2C(=N)N)cc1. The Labute approximate surface area is 234 Å². The van der Waals surface area contributed by atoms with Crippen LogP contribution in [0, 0.1) is 5.41 Å². The van der Waals surface area contributed by atoms with E-state index in [0.717, 1.165) is 36.2 Å². The highest BCUT2D eigenvalue weighted by atomic mass is 19.4. The van der Waals surface area contributed by atoms with Crippen molar-refractivity contribution in [3.63, 3.8) is 0 Å². The predicted molar refractivity (Wildman–Crippen MR) is 149 cm³/mol. The number of carbonyl (C=O) groups excluding carboxylic acids is 1. The fourth-order valence-corrected chi connectivity index (χ4v) is 3.99. The van der Waals surface area contributed by atoms with Gasteiger partial charge >= 0.3 is 6.18 Å². The first-order valence-electron chi connectivity index (χ1n) is 12.3. The predicted octanol–water partition coefficient (Wildman–Crippen LogP) is 5.26. The summed E-state index contributed by atoms with van der Waals surface area (Å²) in [4.78, 5) is 20.6. The van der Waals surface area contributed by atoms with Crippen molar-refractivity contribution in [2.24, 2.45) is 5.73 Å². The Morgan fingerprint density at radius 2 is 1.61 bits per heavy atom. The van der Waals surface area contributed by atoms with Crippen molar-refractivity contribution < 1.29 is 27.4 Å². The molecule has 0 spiro atoms. The van der Waals surface area contributed by atoms with Crippen LogP contribution in [-0.2, 0) is 23.9 Å². The molecule has 212 valence electrons. The topological polar surface area (TPSA) is 135 Å². The second kappa shape index (κ2) is 12.4. The molecule has 0 fully saturated rings. The van der Waals surface area contributed by atoms with Gasteiger partial charge in [-0.15, -0.1) is 0 Å². The number of nitrogens with zero attached hydrogens (tertiary/aromatic N) is 2. The molecule has 0 aliphatic rings. The first-order chi connectivity index (χ1) is 19.6. The zero-order valence-electron chi connectivity index (χ0n) is 22.2. The van der Waals surface area contributed by atoms with Gasteiger partial charge in [0.15, 0.2) is 0 Å².